The fraction of sp³-hybridized carbons (Fsp3) is 0. The standard InChI is InChI=1S/C58H35N5O/c1-2-14-37(15-3-1)44-22-12-23-50-53(44)48-32-29-38-16-6-7-19-45(38)55(48)63(50)42-30-27-39(28-31-42)43-18-8-9-20-46(43)57-60-56(41-26-25-36-13-4-5-17-40(36)33-41)61-58(62-57)49-34-59-35-52-54(49)47-21-10-11-24-51(47)64-52/h1-35H. The third kappa shape index (κ3) is 5.73. The second-order valence-corrected chi connectivity index (χ2v) is 16.2. The number of aromatic nitrogens is 5. The minimum Gasteiger partial charge on any atom is -0.454 e. The summed E-state index contributed by atoms with van der Waals surface area (Å²) >= 11 is 0. The molecule has 0 unspecified atom stereocenters. The van der Waals surface area contributed by atoms with E-state index in [4.69, 9.17) is 19.4 Å². The molecule has 0 amide bonds. The van der Waals surface area contributed by atoms with Crippen LogP contribution in [-0.4, -0.2) is 24.5 Å². The fourth-order valence-electron chi connectivity index (χ4n) is 9.60. The number of pyridine rings is 1. The van der Waals surface area contributed by atoms with Gasteiger partial charge in [-0.25, -0.2) is 15.0 Å². The molecule has 0 saturated heterocycles. The number of hydrogen-bond acceptors (Lipinski definition) is 5. The van der Waals surface area contributed by atoms with Crippen LogP contribution < -0.4 is 0 Å². The minimum atomic E-state index is 0.524. The zero-order valence-corrected chi connectivity index (χ0v) is 34.4. The summed E-state index contributed by atoms with van der Waals surface area (Å²) in [6.07, 6.45) is 3.59. The van der Waals surface area contributed by atoms with Gasteiger partial charge < -0.3 is 8.98 Å². The highest BCUT2D eigenvalue weighted by molar-refractivity contribution is 6.22. The van der Waals surface area contributed by atoms with Gasteiger partial charge in [0.05, 0.1) is 17.2 Å². The first kappa shape index (κ1) is 36.0. The number of fused-ring (bicyclic) bond motifs is 9. The number of hydrogen-bond donors (Lipinski definition) is 0. The Hall–Kier alpha value is -8.74. The number of furan rings is 1. The van der Waals surface area contributed by atoms with Crippen molar-refractivity contribution in [3.63, 3.8) is 0 Å². The summed E-state index contributed by atoms with van der Waals surface area (Å²) in [6.45, 7) is 0. The van der Waals surface area contributed by atoms with Crippen molar-refractivity contribution in [2.45, 2.75) is 0 Å². The normalized spacial score (nSPS) is 11.8. The summed E-state index contributed by atoms with van der Waals surface area (Å²) in [4.78, 5) is 20.3. The molecule has 6 nitrogen and oxygen atoms in total. The van der Waals surface area contributed by atoms with Gasteiger partial charge in [-0.1, -0.05) is 170 Å². The van der Waals surface area contributed by atoms with E-state index >= 15 is 0 Å². The van der Waals surface area contributed by atoms with E-state index in [1.54, 1.807) is 6.20 Å². The van der Waals surface area contributed by atoms with Crippen molar-refractivity contribution >= 4 is 65.3 Å². The van der Waals surface area contributed by atoms with Gasteiger partial charge in [0.25, 0.3) is 0 Å². The summed E-state index contributed by atoms with van der Waals surface area (Å²) in [7, 11) is 0. The van der Waals surface area contributed by atoms with Crippen LogP contribution >= 0.6 is 0 Å². The first-order valence-corrected chi connectivity index (χ1v) is 21.4. The molecule has 0 aliphatic carbocycles. The topological polar surface area (TPSA) is 69.6 Å². The minimum absolute atomic E-state index is 0.524. The molecule has 0 fully saturated rings. The third-order valence-electron chi connectivity index (χ3n) is 12.5. The number of para-hydroxylation sites is 1. The van der Waals surface area contributed by atoms with Crippen LogP contribution in [0.25, 0.3) is 127 Å². The lowest BCUT2D eigenvalue weighted by molar-refractivity contribution is 0.667. The monoisotopic (exact) mass is 817 g/mol. The average Bonchev–Trinajstić information content (AvgIpc) is 3.93. The molecule has 4 heterocycles. The van der Waals surface area contributed by atoms with Gasteiger partial charge in [-0.3, -0.25) is 4.98 Å². The van der Waals surface area contributed by atoms with Gasteiger partial charge in [-0.15, -0.1) is 0 Å². The summed E-state index contributed by atoms with van der Waals surface area (Å²) < 4.78 is 8.69. The molecule has 6 heteroatoms. The lowest BCUT2D eigenvalue weighted by Gasteiger charge is -2.14. The lowest BCUT2D eigenvalue weighted by atomic mass is 9.98. The SMILES string of the molecule is c1ccc(-c2cccc3c2c2ccc4ccccc4c2n3-c2ccc(-c3ccccc3-c3nc(-c4ccc5ccccc5c4)nc(-c4cncc5oc6ccccc6c45)n3)cc2)cc1. The van der Waals surface area contributed by atoms with E-state index in [9.17, 15) is 0 Å². The Morgan fingerprint density at radius 2 is 1.00 bits per heavy atom. The van der Waals surface area contributed by atoms with Crippen LogP contribution in [0.4, 0.5) is 0 Å². The second kappa shape index (κ2) is 14.4. The maximum Gasteiger partial charge on any atom is 0.166 e. The smallest absolute Gasteiger partial charge is 0.166 e. The molecule has 0 spiro atoms. The molecular formula is C58H35N5O. The van der Waals surface area contributed by atoms with Crippen LogP contribution in [0.2, 0.25) is 0 Å². The maximum absolute atomic E-state index is 6.26. The van der Waals surface area contributed by atoms with Crippen LogP contribution in [-0.2, 0) is 0 Å². The zero-order chi connectivity index (χ0) is 42.1. The number of rotatable bonds is 6. The first-order valence-electron chi connectivity index (χ1n) is 21.4. The van der Waals surface area contributed by atoms with Gasteiger partial charge >= 0.3 is 0 Å². The molecule has 0 saturated carbocycles. The van der Waals surface area contributed by atoms with Gasteiger partial charge in [-0.2, -0.15) is 0 Å². The Kier molecular flexibility index (Phi) is 8.11. The van der Waals surface area contributed by atoms with Gasteiger partial charge in [-0.05, 0) is 68.7 Å². The van der Waals surface area contributed by atoms with Gasteiger partial charge in [0.2, 0.25) is 0 Å². The molecule has 0 aliphatic heterocycles. The molecule has 4 aromatic heterocycles. The van der Waals surface area contributed by atoms with Crippen molar-refractivity contribution in [3.8, 4) is 62.1 Å². The van der Waals surface area contributed by atoms with Crippen molar-refractivity contribution in [2.75, 3.05) is 0 Å². The van der Waals surface area contributed by atoms with E-state index in [2.05, 4.69) is 185 Å². The van der Waals surface area contributed by atoms with E-state index in [1.165, 1.54) is 38.2 Å². The molecule has 0 aliphatic rings. The highest BCUT2D eigenvalue weighted by Gasteiger charge is 2.22. The largest absolute Gasteiger partial charge is 0.454 e. The van der Waals surface area contributed by atoms with Gasteiger partial charge in [0, 0.05) is 55.5 Å². The molecule has 64 heavy (non-hydrogen) atoms. The molecule has 298 valence electrons. The Labute approximate surface area is 367 Å². The van der Waals surface area contributed by atoms with Crippen LogP contribution in [0.1, 0.15) is 0 Å². The average molecular weight is 818 g/mol. The van der Waals surface area contributed by atoms with Gasteiger partial charge in [0.1, 0.15) is 5.58 Å². The Balaban J connectivity index is 0.991. The third-order valence-corrected chi connectivity index (χ3v) is 12.5. The van der Waals surface area contributed by atoms with Crippen molar-refractivity contribution in [3.05, 3.63) is 213 Å². The zero-order valence-electron chi connectivity index (χ0n) is 34.4. The van der Waals surface area contributed by atoms with Crippen molar-refractivity contribution in [2.24, 2.45) is 0 Å². The summed E-state index contributed by atoms with van der Waals surface area (Å²) in [5.74, 6) is 1.67. The van der Waals surface area contributed by atoms with Crippen molar-refractivity contribution in [1.29, 1.82) is 0 Å². The molecule has 9 aromatic carbocycles. The summed E-state index contributed by atoms with van der Waals surface area (Å²) in [5, 5.41) is 9.06. The van der Waals surface area contributed by atoms with Crippen molar-refractivity contribution < 1.29 is 4.42 Å². The Morgan fingerprint density at radius 3 is 1.86 bits per heavy atom. The van der Waals surface area contributed by atoms with E-state index in [1.807, 2.05) is 30.5 Å². The van der Waals surface area contributed by atoms with E-state index < -0.39 is 0 Å². The maximum atomic E-state index is 6.26. The Bertz CT molecular complexity index is 3960. The van der Waals surface area contributed by atoms with E-state index in [-0.39, 0.29) is 0 Å². The fourth-order valence-corrected chi connectivity index (χ4v) is 9.60. The van der Waals surface area contributed by atoms with Crippen molar-refractivity contribution in [1.82, 2.24) is 24.5 Å². The Morgan fingerprint density at radius 1 is 0.359 bits per heavy atom. The number of benzene rings is 9. The predicted molar refractivity (Wildman–Crippen MR) is 261 cm³/mol. The predicted octanol–water partition coefficient (Wildman–Crippen LogP) is 14.9. The quantitative estimate of drug-likeness (QED) is 0.167. The summed E-state index contributed by atoms with van der Waals surface area (Å²) in [6, 6.07) is 70.6. The first-order chi connectivity index (χ1) is 31.7. The highest BCUT2D eigenvalue weighted by Crippen LogP contribution is 2.42. The second-order valence-electron chi connectivity index (χ2n) is 16.2. The lowest BCUT2D eigenvalue weighted by Crippen LogP contribution is -2.01. The molecule has 0 bridgehead atoms. The van der Waals surface area contributed by atoms with E-state index in [0.717, 1.165) is 66.1 Å². The van der Waals surface area contributed by atoms with Crippen LogP contribution in [0, 0.1) is 0 Å². The van der Waals surface area contributed by atoms with Crippen LogP contribution in [0.5, 0.6) is 0 Å². The molecular weight excluding hydrogens is 783 g/mol. The van der Waals surface area contributed by atoms with Crippen LogP contribution in [0.15, 0.2) is 217 Å². The highest BCUT2D eigenvalue weighted by atomic mass is 16.3. The molecule has 13 aromatic rings. The molecule has 0 radical (unpaired) electrons. The number of nitrogens with zero attached hydrogens (tertiary/aromatic N) is 5. The van der Waals surface area contributed by atoms with E-state index in [0.29, 0.717) is 23.1 Å². The van der Waals surface area contributed by atoms with Crippen LogP contribution in [0.3, 0.4) is 0 Å². The van der Waals surface area contributed by atoms with Gasteiger partial charge in [0.15, 0.2) is 23.1 Å². The summed E-state index contributed by atoms with van der Waals surface area (Å²) in [5.41, 5.74) is 12.0. The molecule has 0 N–H and O–H groups in total. The molecule has 0 atom stereocenters. The molecule has 13 rings (SSSR count).